The number of benzene rings is 2. The number of hydrogen-bond acceptors (Lipinski definition) is 7. The summed E-state index contributed by atoms with van der Waals surface area (Å²) in [7, 11) is 1.56. The molecule has 2 aromatic carbocycles. The third-order valence-electron chi connectivity index (χ3n) is 6.91. The number of aliphatic hydroxyl groups is 1. The van der Waals surface area contributed by atoms with Crippen molar-refractivity contribution in [3.8, 4) is 28.5 Å². The van der Waals surface area contributed by atoms with E-state index in [1.54, 1.807) is 68.9 Å². The molecule has 1 unspecified atom stereocenters. The zero-order chi connectivity index (χ0) is 30.9. The van der Waals surface area contributed by atoms with Crippen LogP contribution < -0.4 is 19.7 Å². The average Bonchev–Trinajstić information content (AvgIpc) is 3.65. The van der Waals surface area contributed by atoms with Crippen LogP contribution in [0.25, 0.3) is 16.9 Å². The molecule has 0 saturated heterocycles. The molecule has 0 aliphatic heterocycles. The molecule has 1 fully saturated rings. The highest BCUT2D eigenvalue weighted by atomic mass is 19.3. The fourth-order valence-corrected chi connectivity index (χ4v) is 4.72. The summed E-state index contributed by atoms with van der Waals surface area (Å²) in [5, 5.41) is 13.9. The van der Waals surface area contributed by atoms with Crippen LogP contribution in [-0.2, 0) is 4.74 Å². The van der Waals surface area contributed by atoms with Gasteiger partial charge in [-0.25, -0.2) is 18.6 Å². The molecule has 5 rings (SSSR count). The topological polar surface area (TPSA) is 97.6 Å². The first-order valence-corrected chi connectivity index (χ1v) is 14.1. The minimum Gasteiger partial charge on any atom is -0.497 e. The molecular weight excluding hydrogens is 558 g/mol. The number of amides is 1. The molecule has 1 aliphatic rings. The van der Waals surface area contributed by atoms with Crippen LogP contribution in [0, 0.1) is 6.92 Å². The maximum Gasteiger partial charge on any atom is 0.415 e. The quantitative estimate of drug-likeness (QED) is 0.194. The van der Waals surface area contributed by atoms with E-state index in [0.717, 1.165) is 34.4 Å². The van der Waals surface area contributed by atoms with Crippen molar-refractivity contribution >= 4 is 17.4 Å². The molecular formula is C32H36F2N4O5. The maximum absolute atomic E-state index is 13.8. The molecule has 0 spiro atoms. The first kappa shape index (κ1) is 30.2. The molecule has 1 aliphatic carbocycles. The molecule has 4 aromatic rings. The summed E-state index contributed by atoms with van der Waals surface area (Å²) in [4.78, 5) is 18.7. The maximum atomic E-state index is 13.8. The lowest BCUT2D eigenvalue weighted by molar-refractivity contribution is 0.0544. The summed E-state index contributed by atoms with van der Waals surface area (Å²) < 4.78 is 46.2. The molecule has 9 nitrogen and oxygen atoms in total. The Morgan fingerprint density at radius 1 is 1.12 bits per heavy atom. The predicted octanol–water partition coefficient (Wildman–Crippen LogP) is 6.86. The fraction of sp³-hybridized carbons (Fsp3) is 0.375. The van der Waals surface area contributed by atoms with Gasteiger partial charge >= 0.3 is 6.09 Å². The molecule has 43 heavy (non-hydrogen) atoms. The van der Waals surface area contributed by atoms with Gasteiger partial charge in [0.2, 0.25) is 0 Å². The molecule has 228 valence electrons. The van der Waals surface area contributed by atoms with Gasteiger partial charge in [0, 0.05) is 17.7 Å². The lowest BCUT2D eigenvalue weighted by atomic mass is 10.0. The molecule has 2 heterocycles. The monoisotopic (exact) mass is 594 g/mol. The third kappa shape index (κ3) is 7.23. The molecule has 0 radical (unpaired) electrons. The van der Waals surface area contributed by atoms with Crippen LogP contribution in [0.15, 0.2) is 60.9 Å². The molecule has 11 heteroatoms. The van der Waals surface area contributed by atoms with Crippen LogP contribution in [0.3, 0.4) is 0 Å². The highest BCUT2D eigenvalue weighted by Crippen LogP contribution is 2.35. The minimum atomic E-state index is -2.83. The van der Waals surface area contributed by atoms with E-state index in [-0.39, 0.29) is 17.1 Å². The Morgan fingerprint density at radius 3 is 2.42 bits per heavy atom. The fourth-order valence-electron chi connectivity index (χ4n) is 4.72. The number of imidazole rings is 1. The summed E-state index contributed by atoms with van der Waals surface area (Å²) in [6.07, 6.45) is 0.844. The van der Waals surface area contributed by atoms with Gasteiger partial charge in [0.15, 0.2) is 5.65 Å². The summed E-state index contributed by atoms with van der Waals surface area (Å²) in [6, 6.07) is 14.4. The van der Waals surface area contributed by atoms with Crippen molar-refractivity contribution in [1.82, 2.24) is 14.7 Å². The van der Waals surface area contributed by atoms with Gasteiger partial charge in [-0.05, 0) is 82.0 Å². The van der Waals surface area contributed by atoms with Crippen LogP contribution in [0.4, 0.5) is 19.3 Å². The van der Waals surface area contributed by atoms with Gasteiger partial charge in [-0.2, -0.15) is 0 Å². The number of pyridine rings is 1. The molecule has 1 saturated carbocycles. The number of aliphatic hydroxyl groups excluding tert-OH is 1. The Hall–Kier alpha value is -4.22. The molecule has 2 aromatic heterocycles. The number of ether oxygens (including phenoxy) is 3. The number of rotatable bonds is 10. The van der Waals surface area contributed by atoms with Crippen molar-refractivity contribution in [2.75, 3.05) is 18.6 Å². The van der Waals surface area contributed by atoms with Crippen molar-refractivity contribution in [3.63, 3.8) is 0 Å². The van der Waals surface area contributed by atoms with Gasteiger partial charge in [-0.1, -0.05) is 12.1 Å². The van der Waals surface area contributed by atoms with Gasteiger partial charge in [0.25, 0.3) is 6.43 Å². The van der Waals surface area contributed by atoms with Gasteiger partial charge in [-0.15, -0.1) is 0 Å². The second-order valence-corrected chi connectivity index (χ2v) is 11.6. The van der Waals surface area contributed by atoms with Gasteiger partial charge in [-0.3, -0.25) is 14.6 Å². The summed E-state index contributed by atoms with van der Waals surface area (Å²) in [6.45, 7) is 6.01. The second-order valence-electron chi connectivity index (χ2n) is 11.6. The lowest BCUT2D eigenvalue weighted by Gasteiger charge is -2.27. The third-order valence-corrected chi connectivity index (χ3v) is 6.91. The molecule has 2 N–H and O–H groups in total. The van der Waals surface area contributed by atoms with Crippen LogP contribution in [0.1, 0.15) is 51.0 Å². The first-order chi connectivity index (χ1) is 20.4. The number of anilines is 1. The number of nitrogens with zero attached hydrogens (tertiary/aromatic N) is 3. The molecule has 1 amide bonds. The Morgan fingerprint density at radius 2 is 1.81 bits per heavy atom. The average molecular weight is 595 g/mol. The number of aromatic nitrogens is 2. The zero-order valence-electron chi connectivity index (χ0n) is 24.8. The number of halogens is 2. The second kappa shape index (κ2) is 12.2. The number of carbonyl (C=O) groups excluding carboxylic acids is 1. The van der Waals surface area contributed by atoms with Crippen molar-refractivity contribution in [3.05, 3.63) is 72.1 Å². The first-order valence-electron chi connectivity index (χ1n) is 14.1. The predicted molar refractivity (Wildman–Crippen MR) is 159 cm³/mol. The molecule has 0 bridgehead atoms. The van der Waals surface area contributed by atoms with E-state index in [9.17, 15) is 18.7 Å². The van der Waals surface area contributed by atoms with Gasteiger partial charge < -0.3 is 19.3 Å². The number of carbonyl (C=O) groups is 1. The van der Waals surface area contributed by atoms with Crippen LogP contribution >= 0.6 is 0 Å². The van der Waals surface area contributed by atoms with E-state index < -0.39 is 30.9 Å². The Kier molecular flexibility index (Phi) is 8.57. The number of nitrogens with one attached hydrogen (secondary N) is 1. The standard InChI is InChI=1S/C32H36F2N4O5/c1-19-14-20(6-13-25(19)30(39)36-21-7-8-21)27-16-35-29-26(38(18-28(33)34)31(40)43-32(2,3)4)15-24(17-37(27)29)42-23-11-9-22(41-5)10-12-23/h6,9-17,21,28,30,36,39H,7-8,18H2,1-5H3. The van der Waals surface area contributed by atoms with E-state index in [2.05, 4.69) is 10.3 Å². The summed E-state index contributed by atoms with van der Waals surface area (Å²) >= 11 is 0. The summed E-state index contributed by atoms with van der Waals surface area (Å²) in [5.41, 5.74) is 2.50. The Labute approximate surface area is 249 Å². The van der Waals surface area contributed by atoms with E-state index in [1.165, 1.54) is 6.07 Å². The highest BCUT2D eigenvalue weighted by molar-refractivity contribution is 5.93. The summed E-state index contributed by atoms with van der Waals surface area (Å²) in [5.74, 6) is 1.40. The van der Waals surface area contributed by atoms with E-state index in [4.69, 9.17) is 14.2 Å². The van der Waals surface area contributed by atoms with Crippen molar-refractivity contribution in [2.45, 2.75) is 64.8 Å². The lowest BCUT2D eigenvalue weighted by Crippen LogP contribution is -2.40. The highest BCUT2D eigenvalue weighted by Gasteiger charge is 2.29. The van der Waals surface area contributed by atoms with Crippen LogP contribution in [0.2, 0.25) is 0 Å². The normalized spacial score (nSPS) is 14.2. The smallest absolute Gasteiger partial charge is 0.415 e. The Bertz CT molecular complexity index is 1600. The van der Waals surface area contributed by atoms with Crippen LogP contribution in [-0.4, -0.2) is 52.3 Å². The van der Waals surface area contributed by atoms with E-state index in [1.807, 2.05) is 25.1 Å². The number of aryl methyl sites for hydroxylation is 1. The number of fused-ring (bicyclic) bond motifs is 1. The zero-order valence-corrected chi connectivity index (χ0v) is 24.8. The number of alkyl halides is 2. The minimum absolute atomic E-state index is 0.101. The SMILES string of the molecule is COc1ccc(Oc2cc(N(CC(F)F)C(=O)OC(C)(C)C)c3ncc(-c4ccc(C(O)NC5CC5)c(C)c4)n3c2)cc1. The van der Waals surface area contributed by atoms with Crippen molar-refractivity contribution in [1.29, 1.82) is 0 Å². The van der Waals surface area contributed by atoms with Crippen LogP contribution in [0.5, 0.6) is 17.2 Å². The van der Waals surface area contributed by atoms with Gasteiger partial charge in [0.05, 0.1) is 37.4 Å². The van der Waals surface area contributed by atoms with Gasteiger partial charge in [0.1, 0.15) is 29.1 Å². The van der Waals surface area contributed by atoms with E-state index in [0.29, 0.717) is 23.2 Å². The van der Waals surface area contributed by atoms with E-state index >= 15 is 0 Å². The van der Waals surface area contributed by atoms with Crippen molar-refractivity contribution < 1.29 is 32.9 Å². The molecule has 1 atom stereocenters. The number of hydrogen-bond donors (Lipinski definition) is 2. The largest absolute Gasteiger partial charge is 0.497 e. The van der Waals surface area contributed by atoms with Crippen molar-refractivity contribution in [2.24, 2.45) is 0 Å². The Balaban J connectivity index is 1.61. The number of methoxy groups -OCH3 is 1.